The molecule has 5 rings (SSSR count). The fourth-order valence-corrected chi connectivity index (χ4v) is 6.59. The van der Waals surface area contributed by atoms with Gasteiger partial charge in [0.1, 0.15) is 0 Å². The van der Waals surface area contributed by atoms with E-state index in [1.165, 1.54) is 34.9 Å². The van der Waals surface area contributed by atoms with E-state index < -0.39 is 0 Å². The maximum Gasteiger partial charge on any atom is 0.234 e. The topological polar surface area (TPSA) is 102 Å². The van der Waals surface area contributed by atoms with Crippen LogP contribution in [0.25, 0.3) is 27.3 Å². The minimum absolute atomic E-state index is 0.0159. The van der Waals surface area contributed by atoms with E-state index in [2.05, 4.69) is 32.7 Å². The third-order valence-electron chi connectivity index (χ3n) is 5.84. The summed E-state index contributed by atoms with van der Waals surface area (Å²) < 4.78 is 3.75. The Hall–Kier alpha value is -3.67. The van der Waals surface area contributed by atoms with Crippen LogP contribution in [-0.4, -0.2) is 49.6 Å². The first-order chi connectivity index (χ1) is 19.6. The highest BCUT2D eigenvalue weighted by molar-refractivity contribution is 8.01. The zero-order valence-corrected chi connectivity index (χ0v) is 24.3. The van der Waals surface area contributed by atoms with E-state index in [-0.39, 0.29) is 17.6 Å². The van der Waals surface area contributed by atoms with Crippen molar-refractivity contribution < 1.29 is 9.59 Å². The molecule has 2 aromatic heterocycles. The summed E-state index contributed by atoms with van der Waals surface area (Å²) in [5, 5.41) is 15.4. The largest absolute Gasteiger partial charge is 0.355 e. The standard InChI is InChI=1S/C29H28N6O2S3/c1-2-3-16-30-25(36)18-39-29-32-23-15-14-21(17-24(23)40-29)31-26(37)19-38-28-34-33-27(20-10-6-4-7-11-20)35(28)22-12-8-5-9-13-22/h4-15,17H,2-3,16,18-19H2,1H3,(H,30,36)(H,31,37). The van der Waals surface area contributed by atoms with Gasteiger partial charge in [0.25, 0.3) is 0 Å². The Morgan fingerprint density at radius 2 is 1.65 bits per heavy atom. The Morgan fingerprint density at radius 3 is 2.42 bits per heavy atom. The van der Waals surface area contributed by atoms with Crippen LogP contribution in [0.4, 0.5) is 5.69 Å². The number of fused-ring (bicyclic) bond motifs is 1. The number of carbonyl (C=O) groups is 2. The molecular formula is C29H28N6O2S3. The predicted octanol–water partition coefficient (Wildman–Crippen LogP) is 6.28. The summed E-state index contributed by atoms with van der Waals surface area (Å²) in [6, 6.07) is 25.4. The average Bonchev–Trinajstić information content (AvgIpc) is 3.60. The van der Waals surface area contributed by atoms with E-state index in [1.54, 1.807) is 0 Å². The summed E-state index contributed by atoms with van der Waals surface area (Å²) in [6.45, 7) is 2.80. The molecule has 11 heteroatoms. The lowest BCUT2D eigenvalue weighted by atomic mass is 10.2. The number of nitrogens with zero attached hydrogens (tertiary/aromatic N) is 4. The number of rotatable bonds is 12. The van der Waals surface area contributed by atoms with Crippen molar-refractivity contribution in [1.29, 1.82) is 0 Å². The van der Waals surface area contributed by atoms with Gasteiger partial charge < -0.3 is 10.6 Å². The second-order valence-corrected chi connectivity index (χ2v) is 12.0. The Labute approximate surface area is 245 Å². The van der Waals surface area contributed by atoms with Gasteiger partial charge >= 0.3 is 0 Å². The van der Waals surface area contributed by atoms with Gasteiger partial charge in [0.05, 0.1) is 21.7 Å². The molecule has 0 saturated heterocycles. The number of anilines is 1. The van der Waals surface area contributed by atoms with Gasteiger partial charge in [-0.3, -0.25) is 14.2 Å². The maximum absolute atomic E-state index is 12.9. The van der Waals surface area contributed by atoms with Crippen molar-refractivity contribution in [2.75, 3.05) is 23.4 Å². The molecule has 40 heavy (non-hydrogen) atoms. The van der Waals surface area contributed by atoms with Crippen molar-refractivity contribution in [2.24, 2.45) is 0 Å². The first-order valence-corrected chi connectivity index (χ1v) is 15.7. The molecule has 0 saturated carbocycles. The van der Waals surface area contributed by atoms with Crippen LogP contribution in [0.1, 0.15) is 19.8 Å². The fraction of sp³-hybridized carbons (Fsp3) is 0.207. The smallest absolute Gasteiger partial charge is 0.234 e. The van der Waals surface area contributed by atoms with Crippen molar-refractivity contribution >= 4 is 62.6 Å². The molecule has 204 valence electrons. The van der Waals surface area contributed by atoms with Gasteiger partial charge in [0.15, 0.2) is 15.3 Å². The highest BCUT2D eigenvalue weighted by Gasteiger charge is 2.17. The van der Waals surface area contributed by atoms with Crippen LogP contribution in [0.3, 0.4) is 0 Å². The Kier molecular flexibility index (Phi) is 9.48. The van der Waals surface area contributed by atoms with Crippen molar-refractivity contribution in [3.8, 4) is 17.1 Å². The van der Waals surface area contributed by atoms with Crippen LogP contribution < -0.4 is 10.6 Å². The molecule has 0 aliphatic heterocycles. The number of benzene rings is 3. The van der Waals surface area contributed by atoms with Gasteiger partial charge in [-0.2, -0.15) is 0 Å². The van der Waals surface area contributed by atoms with Crippen LogP contribution in [0.5, 0.6) is 0 Å². The lowest BCUT2D eigenvalue weighted by molar-refractivity contribution is -0.118. The monoisotopic (exact) mass is 588 g/mol. The maximum atomic E-state index is 12.9. The Morgan fingerprint density at radius 1 is 0.900 bits per heavy atom. The second-order valence-electron chi connectivity index (χ2n) is 8.83. The molecule has 0 fully saturated rings. The lowest BCUT2D eigenvalue weighted by Gasteiger charge is -2.10. The normalized spacial score (nSPS) is 11.0. The number of amides is 2. The van der Waals surface area contributed by atoms with E-state index in [9.17, 15) is 9.59 Å². The second kappa shape index (κ2) is 13.6. The molecule has 0 unspecified atom stereocenters. The molecule has 8 nitrogen and oxygen atoms in total. The van der Waals surface area contributed by atoms with Crippen LogP contribution in [0, 0.1) is 0 Å². The number of nitrogens with one attached hydrogen (secondary N) is 2. The summed E-state index contributed by atoms with van der Waals surface area (Å²) >= 11 is 4.28. The van der Waals surface area contributed by atoms with Crippen LogP contribution in [0.2, 0.25) is 0 Å². The van der Waals surface area contributed by atoms with Gasteiger partial charge in [0.2, 0.25) is 11.8 Å². The molecule has 0 aliphatic carbocycles. The fourth-order valence-electron chi connectivity index (χ4n) is 3.90. The van der Waals surface area contributed by atoms with E-state index in [0.29, 0.717) is 23.1 Å². The zero-order valence-electron chi connectivity index (χ0n) is 21.9. The summed E-state index contributed by atoms with van der Waals surface area (Å²) in [6.07, 6.45) is 2.03. The van der Waals surface area contributed by atoms with Gasteiger partial charge in [-0.25, -0.2) is 4.98 Å². The number of carbonyl (C=O) groups excluding carboxylic acids is 2. The summed E-state index contributed by atoms with van der Waals surface area (Å²) in [4.78, 5) is 29.5. The third kappa shape index (κ3) is 7.09. The Bertz CT molecular complexity index is 1590. The van der Waals surface area contributed by atoms with Gasteiger partial charge in [-0.15, -0.1) is 21.5 Å². The molecule has 0 atom stereocenters. The minimum Gasteiger partial charge on any atom is -0.355 e. The van der Waals surface area contributed by atoms with E-state index in [1.807, 2.05) is 83.4 Å². The predicted molar refractivity (Wildman–Crippen MR) is 164 cm³/mol. The average molecular weight is 589 g/mol. The minimum atomic E-state index is -0.143. The van der Waals surface area contributed by atoms with Crippen molar-refractivity contribution in [1.82, 2.24) is 25.1 Å². The number of hydrogen-bond acceptors (Lipinski definition) is 8. The molecule has 0 radical (unpaired) electrons. The quantitative estimate of drug-likeness (QED) is 0.131. The molecule has 2 amide bonds. The van der Waals surface area contributed by atoms with Crippen LogP contribution in [0.15, 0.2) is 88.4 Å². The van der Waals surface area contributed by atoms with Crippen molar-refractivity contribution in [3.05, 3.63) is 78.9 Å². The number of aromatic nitrogens is 4. The molecule has 5 aromatic rings. The highest BCUT2D eigenvalue weighted by Crippen LogP contribution is 2.32. The summed E-state index contributed by atoms with van der Waals surface area (Å²) in [5.74, 6) is 1.11. The first-order valence-electron chi connectivity index (χ1n) is 12.9. The van der Waals surface area contributed by atoms with Crippen LogP contribution >= 0.6 is 34.9 Å². The summed E-state index contributed by atoms with van der Waals surface area (Å²) in [7, 11) is 0. The Balaban J connectivity index is 1.22. The van der Waals surface area contributed by atoms with E-state index in [0.717, 1.165) is 44.5 Å². The van der Waals surface area contributed by atoms with Gasteiger partial charge in [-0.1, -0.05) is 85.4 Å². The molecule has 2 N–H and O–H groups in total. The van der Waals surface area contributed by atoms with Crippen molar-refractivity contribution in [3.63, 3.8) is 0 Å². The molecular weight excluding hydrogens is 561 g/mol. The van der Waals surface area contributed by atoms with E-state index in [4.69, 9.17) is 0 Å². The molecule has 2 heterocycles. The number of thioether (sulfide) groups is 2. The highest BCUT2D eigenvalue weighted by atomic mass is 32.2. The number of para-hydroxylation sites is 1. The van der Waals surface area contributed by atoms with Crippen molar-refractivity contribution in [2.45, 2.75) is 29.3 Å². The molecule has 0 spiro atoms. The number of unbranched alkanes of at least 4 members (excludes halogenated alkanes) is 1. The molecule has 0 bridgehead atoms. The SMILES string of the molecule is CCCCNC(=O)CSc1nc2ccc(NC(=O)CSc3nnc(-c4ccccc4)n3-c3ccccc3)cc2s1. The third-order valence-corrected chi connectivity index (χ3v) is 8.93. The van der Waals surface area contributed by atoms with E-state index >= 15 is 0 Å². The first kappa shape index (κ1) is 27.9. The van der Waals surface area contributed by atoms with Gasteiger partial charge in [0, 0.05) is 23.5 Å². The summed E-state index contributed by atoms with van der Waals surface area (Å²) in [5.41, 5.74) is 3.42. The number of thiazole rings is 1. The zero-order chi connectivity index (χ0) is 27.7. The van der Waals surface area contributed by atoms with Crippen LogP contribution in [-0.2, 0) is 9.59 Å². The lowest BCUT2D eigenvalue weighted by Crippen LogP contribution is -2.25. The molecule has 0 aliphatic rings. The molecule has 3 aromatic carbocycles. The number of hydrogen-bond donors (Lipinski definition) is 2. The van der Waals surface area contributed by atoms with Gasteiger partial charge in [-0.05, 0) is 36.8 Å².